The third-order valence-corrected chi connectivity index (χ3v) is 4.97. The van der Waals surface area contributed by atoms with E-state index in [2.05, 4.69) is 19.9 Å². The number of benzene rings is 1. The summed E-state index contributed by atoms with van der Waals surface area (Å²) in [5.74, 6) is 2.11. The van der Waals surface area contributed by atoms with Crippen molar-refractivity contribution in [3.05, 3.63) is 53.4 Å². The molecule has 1 aliphatic heterocycles. The molecule has 1 aromatic carbocycles. The highest BCUT2D eigenvalue weighted by Gasteiger charge is 2.27. The van der Waals surface area contributed by atoms with Crippen LogP contribution in [-0.2, 0) is 0 Å². The average Bonchev–Trinajstić information content (AvgIpc) is 3.05. The lowest BCUT2D eigenvalue weighted by molar-refractivity contribution is 0.0712. The van der Waals surface area contributed by atoms with Crippen LogP contribution in [0.4, 0.5) is 5.82 Å². The number of para-hydroxylation sites is 1. The highest BCUT2D eigenvalue weighted by Crippen LogP contribution is 2.28. The lowest BCUT2D eigenvalue weighted by Crippen LogP contribution is -2.49. The predicted octanol–water partition coefficient (Wildman–Crippen LogP) is 2.72. The van der Waals surface area contributed by atoms with Gasteiger partial charge < -0.3 is 19.3 Å². The number of phenols is 1. The number of amides is 1. The summed E-state index contributed by atoms with van der Waals surface area (Å²) < 4.78 is 5.47. The molecule has 1 fully saturated rings. The van der Waals surface area contributed by atoms with Gasteiger partial charge in [-0.2, -0.15) is 0 Å². The Morgan fingerprint density at radius 1 is 1.03 bits per heavy atom. The van der Waals surface area contributed by atoms with Crippen molar-refractivity contribution in [1.29, 1.82) is 0 Å². The zero-order chi connectivity index (χ0) is 20.5. The second-order valence-corrected chi connectivity index (χ2v) is 7.13. The fourth-order valence-corrected chi connectivity index (χ4v) is 3.51. The molecule has 8 nitrogen and oxygen atoms in total. The monoisotopic (exact) mass is 393 g/mol. The van der Waals surface area contributed by atoms with Gasteiger partial charge in [0.25, 0.3) is 5.91 Å². The molecule has 4 rings (SSSR count). The van der Waals surface area contributed by atoms with E-state index in [9.17, 15) is 9.90 Å². The van der Waals surface area contributed by atoms with E-state index >= 15 is 0 Å². The standard InChI is InChI=1S/C21H23N5O3/c1-13-12-18(24-20(22-13)16-6-4-5-7-17(16)27)25-8-10-26(11-9-25)21(28)19-14(2)23-15(3)29-19/h4-7,12,27H,8-11H2,1-3H3. The molecule has 1 amide bonds. The van der Waals surface area contributed by atoms with Gasteiger partial charge in [0, 0.05) is 44.9 Å². The summed E-state index contributed by atoms with van der Waals surface area (Å²) in [4.78, 5) is 29.9. The molecule has 0 radical (unpaired) electrons. The summed E-state index contributed by atoms with van der Waals surface area (Å²) >= 11 is 0. The van der Waals surface area contributed by atoms with Crippen molar-refractivity contribution in [2.24, 2.45) is 0 Å². The van der Waals surface area contributed by atoms with Crippen LogP contribution in [0.15, 0.2) is 34.7 Å². The highest BCUT2D eigenvalue weighted by molar-refractivity contribution is 5.92. The van der Waals surface area contributed by atoms with Gasteiger partial charge in [0.1, 0.15) is 11.6 Å². The minimum atomic E-state index is -0.128. The van der Waals surface area contributed by atoms with Gasteiger partial charge in [-0.25, -0.2) is 15.0 Å². The number of phenolic OH excluding ortho intramolecular Hbond substituents is 1. The molecule has 1 N–H and O–H groups in total. The average molecular weight is 393 g/mol. The van der Waals surface area contributed by atoms with E-state index in [1.807, 2.05) is 19.1 Å². The van der Waals surface area contributed by atoms with Gasteiger partial charge in [-0.3, -0.25) is 4.79 Å². The number of hydrogen-bond acceptors (Lipinski definition) is 7. The molecule has 0 unspecified atom stereocenters. The molecule has 1 saturated heterocycles. The van der Waals surface area contributed by atoms with Crippen LogP contribution in [0.25, 0.3) is 11.4 Å². The Hall–Kier alpha value is -3.42. The number of nitrogens with zero attached hydrogens (tertiary/aromatic N) is 5. The van der Waals surface area contributed by atoms with E-state index in [0.717, 1.165) is 11.5 Å². The van der Waals surface area contributed by atoms with Gasteiger partial charge in [-0.15, -0.1) is 0 Å². The maximum atomic E-state index is 12.7. The Labute approximate surface area is 168 Å². The molecule has 150 valence electrons. The molecule has 0 saturated carbocycles. The molecule has 0 bridgehead atoms. The first-order valence-electron chi connectivity index (χ1n) is 9.54. The maximum Gasteiger partial charge on any atom is 0.291 e. The Morgan fingerprint density at radius 3 is 2.41 bits per heavy atom. The summed E-state index contributed by atoms with van der Waals surface area (Å²) in [6.07, 6.45) is 0. The zero-order valence-electron chi connectivity index (χ0n) is 16.7. The molecular weight excluding hydrogens is 370 g/mol. The second kappa shape index (κ2) is 7.54. The van der Waals surface area contributed by atoms with Gasteiger partial charge in [0.05, 0.1) is 11.3 Å². The fraction of sp³-hybridized carbons (Fsp3) is 0.333. The van der Waals surface area contributed by atoms with Crippen molar-refractivity contribution >= 4 is 11.7 Å². The number of anilines is 1. The maximum absolute atomic E-state index is 12.7. The van der Waals surface area contributed by atoms with Crippen molar-refractivity contribution in [3.63, 3.8) is 0 Å². The van der Waals surface area contributed by atoms with E-state index in [1.54, 1.807) is 36.9 Å². The van der Waals surface area contributed by atoms with E-state index in [-0.39, 0.29) is 11.7 Å². The Bertz CT molecular complexity index is 1050. The molecule has 8 heteroatoms. The fourth-order valence-electron chi connectivity index (χ4n) is 3.51. The molecule has 3 heterocycles. The Balaban J connectivity index is 1.51. The van der Waals surface area contributed by atoms with Crippen LogP contribution in [0.5, 0.6) is 5.75 Å². The van der Waals surface area contributed by atoms with E-state index in [1.165, 1.54) is 0 Å². The lowest BCUT2D eigenvalue weighted by Gasteiger charge is -2.35. The van der Waals surface area contributed by atoms with Gasteiger partial charge in [-0.05, 0) is 26.0 Å². The lowest BCUT2D eigenvalue weighted by atomic mass is 10.2. The minimum Gasteiger partial charge on any atom is -0.507 e. The first-order chi connectivity index (χ1) is 13.9. The molecule has 0 atom stereocenters. The van der Waals surface area contributed by atoms with Gasteiger partial charge >= 0.3 is 0 Å². The summed E-state index contributed by atoms with van der Waals surface area (Å²) in [6, 6.07) is 8.96. The molecule has 2 aromatic heterocycles. The third-order valence-electron chi connectivity index (χ3n) is 4.97. The number of oxazole rings is 1. The van der Waals surface area contributed by atoms with E-state index < -0.39 is 0 Å². The van der Waals surface area contributed by atoms with E-state index in [0.29, 0.717) is 54.9 Å². The van der Waals surface area contributed by atoms with Crippen LogP contribution in [0.1, 0.15) is 27.8 Å². The number of hydrogen-bond donors (Lipinski definition) is 1. The summed E-state index contributed by atoms with van der Waals surface area (Å²) in [5, 5.41) is 10.1. The second-order valence-electron chi connectivity index (χ2n) is 7.13. The number of aromatic hydroxyl groups is 1. The van der Waals surface area contributed by atoms with Crippen molar-refractivity contribution in [2.45, 2.75) is 20.8 Å². The third kappa shape index (κ3) is 3.78. The topological polar surface area (TPSA) is 95.6 Å². The number of carbonyl (C=O) groups excluding carboxylic acids is 1. The number of aromatic nitrogens is 3. The SMILES string of the molecule is Cc1cc(N2CCN(C(=O)c3oc(C)nc3C)CC2)nc(-c2ccccc2O)n1. The normalized spacial score (nSPS) is 14.3. The first kappa shape index (κ1) is 18.9. The van der Waals surface area contributed by atoms with Crippen LogP contribution in [0.2, 0.25) is 0 Å². The Morgan fingerprint density at radius 2 is 1.76 bits per heavy atom. The number of aryl methyl sites for hydroxylation is 3. The number of carbonyl (C=O) groups is 1. The molecule has 29 heavy (non-hydrogen) atoms. The van der Waals surface area contributed by atoms with Gasteiger partial charge in [0.2, 0.25) is 5.76 Å². The van der Waals surface area contributed by atoms with Gasteiger partial charge in [0.15, 0.2) is 11.7 Å². The summed E-state index contributed by atoms with van der Waals surface area (Å²) in [5.41, 5.74) is 2.04. The van der Waals surface area contributed by atoms with Gasteiger partial charge in [-0.1, -0.05) is 12.1 Å². The number of rotatable bonds is 3. The predicted molar refractivity (Wildman–Crippen MR) is 108 cm³/mol. The van der Waals surface area contributed by atoms with Crippen LogP contribution in [0, 0.1) is 20.8 Å². The summed E-state index contributed by atoms with van der Waals surface area (Å²) in [7, 11) is 0. The first-order valence-corrected chi connectivity index (χ1v) is 9.54. The van der Waals surface area contributed by atoms with Crippen LogP contribution in [-0.4, -0.2) is 57.0 Å². The van der Waals surface area contributed by atoms with Crippen molar-refractivity contribution in [2.75, 3.05) is 31.1 Å². The minimum absolute atomic E-state index is 0.128. The van der Waals surface area contributed by atoms with E-state index in [4.69, 9.17) is 4.42 Å². The zero-order valence-corrected chi connectivity index (χ0v) is 16.7. The highest BCUT2D eigenvalue weighted by atomic mass is 16.4. The largest absolute Gasteiger partial charge is 0.507 e. The smallest absolute Gasteiger partial charge is 0.291 e. The van der Waals surface area contributed by atoms with Crippen LogP contribution < -0.4 is 4.90 Å². The molecular formula is C21H23N5O3. The summed E-state index contributed by atoms with van der Waals surface area (Å²) in [6.45, 7) is 7.85. The van der Waals surface area contributed by atoms with Crippen LogP contribution in [0.3, 0.4) is 0 Å². The van der Waals surface area contributed by atoms with Crippen molar-refractivity contribution < 1.29 is 14.3 Å². The van der Waals surface area contributed by atoms with Crippen molar-refractivity contribution in [3.8, 4) is 17.1 Å². The molecule has 1 aliphatic rings. The number of piperazine rings is 1. The molecule has 0 spiro atoms. The van der Waals surface area contributed by atoms with Crippen LogP contribution >= 0.6 is 0 Å². The quantitative estimate of drug-likeness (QED) is 0.731. The molecule has 0 aliphatic carbocycles. The Kier molecular flexibility index (Phi) is 4.92. The van der Waals surface area contributed by atoms with Crippen molar-refractivity contribution in [1.82, 2.24) is 19.9 Å². The molecule has 3 aromatic rings.